The van der Waals surface area contributed by atoms with Crippen molar-refractivity contribution < 1.29 is 23.9 Å². The molecule has 0 heterocycles. The first-order valence-electron chi connectivity index (χ1n) is 13.0. The number of ketones is 1. The van der Waals surface area contributed by atoms with E-state index in [0.29, 0.717) is 18.4 Å². The molecule has 0 aromatic heterocycles. The van der Waals surface area contributed by atoms with Crippen LogP contribution in [0.25, 0.3) is 0 Å². The minimum absolute atomic E-state index is 0.0702. The molecule has 0 spiro atoms. The summed E-state index contributed by atoms with van der Waals surface area (Å²) in [6.07, 6.45) is 11.1. The lowest BCUT2D eigenvalue weighted by Gasteiger charge is -2.20. The molecule has 0 bridgehead atoms. The molecule has 1 rings (SSSR count). The van der Waals surface area contributed by atoms with Crippen LogP contribution in [0.4, 0.5) is 0 Å². The van der Waals surface area contributed by atoms with Crippen LogP contribution < -0.4 is 5.73 Å². The summed E-state index contributed by atoms with van der Waals surface area (Å²) in [6, 6.07) is 7.99. The van der Waals surface area contributed by atoms with Crippen LogP contribution in [-0.2, 0) is 19.1 Å². The van der Waals surface area contributed by atoms with Gasteiger partial charge in [-0.1, -0.05) is 102 Å². The van der Waals surface area contributed by atoms with Gasteiger partial charge in [-0.15, -0.1) is 0 Å². The number of hydrogen-bond donors (Lipinski definition) is 1. The average Bonchev–Trinajstić information content (AvgIpc) is 2.81. The number of benzene rings is 1. The van der Waals surface area contributed by atoms with E-state index in [0.717, 1.165) is 19.3 Å². The lowest BCUT2D eigenvalue weighted by molar-refractivity contribution is -0.156. The lowest BCUT2D eigenvalue weighted by atomic mass is 10.0. The van der Waals surface area contributed by atoms with Gasteiger partial charge in [-0.05, 0) is 25.2 Å². The molecule has 0 saturated carbocycles. The molecule has 6 heteroatoms. The number of esters is 2. The second-order valence-electron chi connectivity index (χ2n) is 9.57. The SMILES string of the molecule is CCCCCCCCCCC[C@H](CC(=O)OCC(=O)c1ccccc1)OC(=O)[C@@H](N)CC(C)C. The topological polar surface area (TPSA) is 95.7 Å². The van der Waals surface area contributed by atoms with E-state index in [2.05, 4.69) is 6.92 Å². The smallest absolute Gasteiger partial charge is 0.323 e. The van der Waals surface area contributed by atoms with Crippen molar-refractivity contribution in [3.05, 3.63) is 35.9 Å². The fourth-order valence-electron chi connectivity index (χ4n) is 3.84. The molecule has 1 aromatic carbocycles. The van der Waals surface area contributed by atoms with E-state index < -0.39 is 24.1 Å². The first-order chi connectivity index (χ1) is 16.3. The maximum absolute atomic E-state index is 12.4. The summed E-state index contributed by atoms with van der Waals surface area (Å²) in [7, 11) is 0. The molecule has 0 aliphatic carbocycles. The molecule has 2 atom stereocenters. The van der Waals surface area contributed by atoms with Crippen LogP contribution in [0.1, 0.15) is 108 Å². The van der Waals surface area contributed by atoms with Gasteiger partial charge in [-0.3, -0.25) is 14.4 Å². The Hall–Kier alpha value is -2.21. The number of carbonyl (C=O) groups excluding carboxylic acids is 3. The maximum Gasteiger partial charge on any atom is 0.323 e. The third kappa shape index (κ3) is 14.1. The summed E-state index contributed by atoms with van der Waals surface area (Å²) in [4.78, 5) is 37.0. The number of ether oxygens (including phenoxy) is 2. The Bertz CT molecular complexity index is 704. The third-order valence-electron chi connectivity index (χ3n) is 5.79. The van der Waals surface area contributed by atoms with Crippen LogP contribution in [0.2, 0.25) is 0 Å². The van der Waals surface area contributed by atoms with Gasteiger partial charge in [0.1, 0.15) is 12.1 Å². The van der Waals surface area contributed by atoms with Crippen molar-refractivity contribution in [2.45, 2.75) is 110 Å². The fourth-order valence-corrected chi connectivity index (χ4v) is 3.84. The zero-order valence-corrected chi connectivity index (χ0v) is 21.4. The molecule has 0 aliphatic rings. The molecular weight excluding hydrogens is 430 g/mol. The van der Waals surface area contributed by atoms with Crippen molar-refractivity contribution >= 4 is 17.7 Å². The summed E-state index contributed by atoms with van der Waals surface area (Å²) in [5, 5.41) is 0. The Morgan fingerprint density at radius 2 is 1.47 bits per heavy atom. The number of rotatable bonds is 19. The first kappa shape index (κ1) is 29.8. The van der Waals surface area contributed by atoms with E-state index in [4.69, 9.17) is 15.2 Å². The molecular formula is C28H45NO5. The fraction of sp³-hybridized carbons (Fsp3) is 0.679. The van der Waals surface area contributed by atoms with Gasteiger partial charge in [0.05, 0.1) is 6.42 Å². The van der Waals surface area contributed by atoms with Crippen molar-refractivity contribution in [1.82, 2.24) is 0 Å². The average molecular weight is 476 g/mol. The van der Waals surface area contributed by atoms with E-state index in [1.807, 2.05) is 19.9 Å². The van der Waals surface area contributed by atoms with Gasteiger partial charge in [0.15, 0.2) is 12.4 Å². The highest BCUT2D eigenvalue weighted by molar-refractivity contribution is 5.97. The monoisotopic (exact) mass is 475 g/mol. The molecule has 0 fully saturated rings. The van der Waals surface area contributed by atoms with Gasteiger partial charge in [0.2, 0.25) is 0 Å². The van der Waals surface area contributed by atoms with Crippen molar-refractivity contribution in [3.8, 4) is 0 Å². The molecule has 6 nitrogen and oxygen atoms in total. The second kappa shape index (κ2) is 18.2. The Balaban J connectivity index is 2.48. The maximum atomic E-state index is 12.4. The molecule has 0 radical (unpaired) electrons. The molecule has 0 unspecified atom stereocenters. The van der Waals surface area contributed by atoms with Gasteiger partial charge in [-0.25, -0.2) is 0 Å². The Morgan fingerprint density at radius 1 is 0.882 bits per heavy atom. The number of carbonyl (C=O) groups is 3. The zero-order chi connectivity index (χ0) is 25.2. The number of nitrogens with two attached hydrogens (primary N) is 1. The quantitative estimate of drug-likeness (QED) is 0.150. The highest BCUT2D eigenvalue weighted by atomic mass is 16.6. The lowest BCUT2D eigenvalue weighted by Crippen LogP contribution is -2.36. The largest absolute Gasteiger partial charge is 0.461 e. The van der Waals surface area contributed by atoms with Gasteiger partial charge in [0, 0.05) is 5.56 Å². The van der Waals surface area contributed by atoms with Crippen molar-refractivity contribution in [3.63, 3.8) is 0 Å². The van der Waals surface area contributed by atoms with E-state index in [-0.39, 0.29) is 24.7 Å². The van der Waals surface area contributed by atoms with Gasteiger partial charge in [0.25, 0.3) is 0 Å². The van der Waals surface area contributed by atoms with Crippen LogP contribution in [0, 0.1) is 5.92 Å². The predicted molar refractivity (Wildman–Crippen MR) is 136 cm³/mol. The van der Waals surface area contributed by atoms with Crippen LogP contribution in [0.15, 0.2) is 30.3 Å². The van der Waals surface area contributed by atoms with Crippen LogP contribution in [0.5, 0.6) is 0 Å². The Kier molecular flexibility index (Phi) is 15.9. The highest BCUT2D eigenvalue weighted by Crippen LogP contribution is 2.16. The van der Waals surface area contributed by atoms with Crippen LogP contribution in [0.3, 0.4) is 0 Å². The van der Waals surface area contributed by atoms with E-state index in [1.54, 1.807) is 24.3 Å². The second-order valence-corrected chi connectivity index (χ2v) is 9.57. The molecule has 0 aliphatic heterocycles. The Morgan fingerprint density at radius 3 is 2.06 bits per heavy atom. The first-order valence-corrected chi connectivity index (χ1v) is 13.0. The van der Waals surface area contributed by atoms with Gasteiger partial charge >= 0.3 is 11.9 Å². The molecule has 192 valence electrons. The van der Waals surface area contributed by atoms with Crippen molar-refractivity contribution in [2.24, 2.45) is 11.7 Å². The summed E-state index contributed by atoms with van der Waals surface area (Å²) >= 11 is 0. The standard InChI is InChI=1S/C28H45NO5/c1-4-5-6-7-8-9-10-11-15-18-24(34-28(32)25(29)19-22(2)3)20-27(31)33-21-26(30)23-16-13-12-14-17-23/h12-14,16-17,22,24-25H,4-11,15,18-21,29H2,1-3H3/t24-,25+/m1/s1. The molecule has 0 saturated heterocycles. The summed E-state index contributed by atoms with van der Waals surface area (Å²) < 4.78 is 10.8. The van der Waals surface area contributed by atoms with Crippen LogP contribution in [-0.4, -0.2) is 36.5 Å². The summed E-state index contributed by atoms with van der Waals surface area (Å²) in [5.74, 6) is -1.02. The van der Waals surface area contributed by atoms with E-state index in [9.17, 15) is 14.4 Å². The number of unbranched alkanes of at least 4 members (excludes halogenated alkanes) is 8. The van der Waals surface area contributed by atoms with Gasteiger partial charge in [-0.2, -0.15) is 0 Å². The normalized spacial score (nSPS) is 12.9. The van der Waals surface area contributed by atoms with E-state index >= 15 is 0 Å². The van der Waals surface area contributed by atoms with Crippen LogP contribution >= 0.6 is 0 Å². The number of hydrogen-bond acceptors (Lipinski definition) is 6. The molecule has 1 aromatic rings. The molecule has 0 amide bonds. The zero-order valence-electron chi connectivity index (χ0n) is 21.4. The highest BCUT2D eigenvalue weighted by Gasteiger charge is 2.24. The minimum Gasteiger partial charge on any atom is -0.461 e. The van der Waals surface area contributed by atoms with Crippen molar-refractivity contribution in [2.75, 3.05) is 6.61 Å². The molecule has 34 heavy (non-hydrogen) atoms. The van der Waals surface area contributed by atoms with Crippen molar-refractivity contribution in [1.29, 1.82) is 0 Å². The minimum atomic E-state index is -0.707. The van der Waals surface area contributed by atoms with Gasteiger partial charge < -0.3 is 15.2 Å². The predicted octanol–water partition coefficient (Wildman–Crippen LogP) is 6.01. The van der Waals surface area contributed by atoms with E-state index in [1.165, 1.54) is 38.5 Å². The summed E-state index contributed by atoms with van der Waals surface area (Å²) in [5.41, 5.74) is 6.46. The Labute approximate surface area is 206 Å². The third-order valence-corrected chi connectivity index (χ3v) is 5.79. The summed E-state index contributed by atoms with van der Waals surface area (Å²) in [6.45, 7) is 5.88. The molecule has 2 N–H and O–H groups in total. The number of Topliss-reactive ketones (excluding diaryl/α,β-unsaturated/α-hetero) is 1.